The molecule has 2 aromatic carbocycles. The predicted octanol–water partition coefficient (Wildman–Crippen LogP) is 3.66. The summed E-state index contributed by atoms with van der Waals surface area (Å²) in [4.78, 5) is 12.3. The number of carbonyl (C=O) groups excluding carboxylic acids is 1. The van der Waals surface area contributed by atoms with E-state index in [1.54, 1.807) is 14.0 Å². The number of rotatable bonds is 8. The molecule has 0 aliphatic carbocycles. The minimum atomic E-state index is -0.583. The SMILES string of the molecule is COc1ccc(OC[C@H](C)NC(=O)[C@@H](C)Oc2ccc(C)c(C)c2)cc1. The van der Waals surface area contributed by atoms with E-state index in [-0.39, 0.29) is 11.9 Å². The van der Waals surface area contributed by atoms with E-state index < -0.39 is 6.10 Å². The van der Waals surface area contributed by atoms with E-state index >= 15 is 0 Å². The Morgan fingerprint density at radius 1 is 0.962 bits per heavy atom. The standard InChI is InChI=1S/C21H27NO4/c1-14-6-7-20(12-15(14)2)26-17(4)21(23)22-16(3)13-25-19-10-8-18(24-5)9-11-19/h6-12,16-17H,13H2,1-5H3,(H,22,23)/t16-,17+/m0/s1. The molecule has 0 bridgehead atoms. The Kier molecular flexibility index (Phi) is 6.89. The zero-order valence-corrected chi connectivity index (χ0v) is 16.0. The Morgan fingerprint density at radius 3 is 2.19 bits per heavy atom. The van der Waals surface area contributed by atoms with Gasteiger partial charge in [-0.2, -0.15) is 0 Å². The van der Waals surface area contributed by atoms with Gasteiger partial charge in [-0.25, -0.2) is 0 Å². The van der Waals surface area contributed by atoms with E-state index in [0.29, 0.717) is 12.4 Å². The molecule has 2 aromatic rings. The van der Waals surface area contributed by atoms with Crippen molar-refractivity contribution in [1.29, 1.82) is 0 Å². The van der Waals surface area contributed by atoms with Crippen LogP contribution in [0.3, 0.4) is 0 Å². The molecule has 140 valence electrons. The zero-order chi connectivity index (χ0) is 19.1. The molecule has 0 fully saturated rings. The van der Waals surface area contributed by atoms with Crippen LogP contribution in [0.15, 0.2) is 42.5 Å². The third-order valence-corrected chi connectivity index (χ3v) is 4.11. The Balaban J connectivity index is 1.80. The van der Waals surface area contributed by atoms with Gasteiger partial charge in [0.25, 0.3) is 5.91 Å². The summed E-state index contributed by atoms with van der Waals surface area (Å²) in [6, 6.07) is 13.0. The van der Waals surface area contributed by atoms with Gasteiger partial charge < -0.3 is 19.5 Å². The lowest BCUT2D eigenvalue weighted by Gasteiger charge is -2.19. The van der Waals surface area contributed by atoms with Crippen molar-refractivity contribution in [2.75, 3.05) is 13.7 Å². The van der Waals surface area contributed by atoms with E-state index in [0.717, 1.165) is 17.1 Å². The molecule has 0 spiro atoms. The first-order chi connectivity index (χ1) is 12.4. The maximum absolute atomic E-state index is 12.3. The van der Waals surface area contributed by atoms with Crippen molar-refractivity contribution in [3.05, 3.63) is 53.6 Å². The monoisotopic (exact) mass is 357 g/mol. The smallest absolute Gasteiger partial charge is 0.261 e. The van der Waals surface area contributed by atoms with Crippen LogP contribution in [0.4, 0.5) is 0 Å². The molecule has 2 atom stereocenters. The number of hydrogen-bond acceptors (Lipinski definition) is 4. The first-order valence-corrected chi connectivity index (χ1v) is 8.70. The van der Waals surface area contributed by atoms with Crippen LogP contribution in [0.5, 0.6) is 17.2 Å². The van der Waals surface area contributed by atoms with Gasteiger partial charge in [-0.15, -0.1) is 0 Å². The molecule has 0 saturated heterocycles. The van der Waals surface area contributed by atoms with Crippen LogP contribution < -0.4 is 19.5 Å². The number of methoxy groups -OCH3 is 1. The molecule has 5 nitrogen and oxygen atoms in total. The molecule has 0 aliphatic rings. The van der Waals surface area contributed by atoms with Crippen molar-refractivity contribution < 1.29 is 19.0 Å². The molecule has 5 heteroatoms. The maximum Gasteiger partial charge on any atom is 0.261 e. The Hall–Kier alpha value is -2.69. The van der Waals surface area contributed by atoms with Crippen LogP contribution in [0.2, 0.25) is 0 Å². The minimum absolute atomic E-state index is 0.143. The molecular formula is C21H27NO4. The van der Waals surface area contributed by atoms with Gasteiger partial charge in [0.05, 0.1) is 13.2 Å². The molecule has 0 heterocycles. The van der Waals surface area contributed by atoms with Crippen LogP contribution in [-0.4, -0.2) is 31.8 Å². The molecule has 0 aliphatic heterocycles. The number of hydrogen-bond donors (Lipinski definition) is 1. The number of nitrogens with one attached hydrogen (secondary N) is 1. The number of amides is 1. The van der Waals surface area contributed by atoms with Crippen LogP contribution in [0.25, 0.3) is 0 Å². The molecule has 2 rings (SSSR count). The predicted molar refractivity (Wildman–Crippen MR) is 102 cm³/mol. The second kappa shape index (κ2) is 9.13. The largest absolute Gasteiger partial charge is 0.497 e. The van der Waals surface area contributed by atoms with E-state index in [9.17, 15) is 4.79 Å². The maximum atomic E-state index is 12.3. The summed E-state index contributed by atoms with van der Waals surface area (Å²) in [5, 5.41) is 2.91. The van der Waals surface area contributed by atoms with Gasteiger partial charge in [0, 0.05) is 0 Å². The van der Waals surface area contributed by atoms with Crippen molar-refractivity contribution in [2.45, 2.75) is 39.8 Å². The van der Waals surface area contributed by atoms with Gasteiger partial charge >= 0.3 is 0 Å². The number of ether oxygens (including phenoxy) is 3. The summed E-state index contributed by atoms with van der Waals surface area (Å²) in [6.45, 7) is 8.06. The first-order valence-electron chi connectivity index (χ1n) is 8.70. The van der Waals surface area contributed by atoms with Gasteiger partial charge in [-0.05, 0) is 75.2 Å². The summed E-state index contributed by atoms with van der Waals surface area (Å²) >= 11 is 0. The van der Waals surface area contributed by atoms with Crippen molar-refractivity contribution in [3.8, 4) is 17.2 Å². The highest BCUT2D eigenvalue weighted by Gasteiger charge is 2.17. The lowest BCUT2D eigenvalue weighted by atomic mass is 10.1. The van der Waals surface area contributed by atoms with Gasteiger partial charge in [0.15, 0.2) is 6.10 Å². The van der Waals surface area contributed by atoms with E-state index in [1.807, 2.05) is 63.2 Å². The lowest BCUT2D eigenvalue weighted by Crippen LogP contribution is -2.43. The van der Waals surface area contributed by atoms with E-state index in [2.05, 4.69) is 5.32 Å². The van der Waals surface area contributed by atoms with Gasteiger partial charge in [-0.3, -0.25) is 4.79 Å². The van der Waals surface area contributed by atoms with E-state index in [4.69, 9.17) is 14.2 Å². The topological polar surface area (TPSA) is 56.8 Å². The van der Waals surface area contributed by atoms with Crippen molar-refractivity contribution >= 4 is 5.91 Å². The lowest BCUT2D eigenvalue weighted by molar-refractivity contribution is -0.128. The molecule has 0 aromatic heterocycles. The average Bonchev–Trinajstić information content (AvgIpc) is 2.63. The number of aryl methyl sites for hydroxylation is 2. The second-order valence-electron chi connectivity index (χ2n) is 6.40. The van der Waals surface area contributed by atoms with Crippen molar-refractivity contribution in [1.82, 2.24) is 5.32 Å². The van der Waals surface area contributed by atoms with Gasteiger partial charge in [0.1, 0.15) is 23.9 Å². The zero-order valence-electron chi connectivity index (χ0n) is 16.0. The molecule has 1 N–H and O–H groups in total. The molecule has 0 unspecified atom stereocenters. The third kappa shape index (κ3) is 5.69. The molecular weight excluding hydrogens is 330 g/mol. The summed E-state index contributed by atoms with van der Waals surface area (Å²) < 4.78 is 16.5. The van der Waals surface area contributed by atoms with Crippen LogP contribution in [0, 0.1) is 13.8 Å². The van der Waals surface area contributed by atoms with Crippen LogP contribution in [-0.2, 0) is 4.79 Å². The Labute approximate surface area is 155 Å². The molecule has 0 saturated carbocycles. The molecule has 26 heavy (non-hydrogen) atoms. The normalized spacial score (nSPS) is 12.8. The average molecular weight is 357 g/mol. The first kappa shape index (κ1) is 19.6. The van der Waals surface area contributed by atoms with Crippen molar-refractivity contribution in [3.63, 3.8) is 0 Å². The van der Waals surface area contributed by atoms with Crippen LogP contribution >= 0.6 is 0 Å². The summed E-state index contributed by atoms with van der Waals surface area (Å²) in [5.74, 6) is 2.02. The van der Waals surface area contributed by atoms with Gasteiger partial charge in [-0.1, -0.05) is 6.07 Å². The summed E-state index contributed by atoms with van der Waals surface area (Å²) in [5.41, 5.74) is 2.33. The Morgan fingerprint density at radius 2 is 1.58 bits per heavy atom. The fourth-order valence-electron chi connectivity index (χ4n) is 2.34. The van der Waals surface area contributed by atoms with Gasteiger partial charge in [0.2, 0.25) is 0 Å². The molecule has 0 radical (unpaired) electrons. The minimum Gasteiger partial charge on any atom is -0.497 e. The Bertz CT molecular complexity index is 727. The highest BCUT2D eigenvalue weighted by atomic mass is 16.5. The highest BCUT2D eigenvalue weighted by molar-refractivity contribution is 5.81. The number of carbonyl (C=O) groups is 1. The van der Waals surface area contributed by atoms with Crippen molar-refractivity contribution in [2.24, 2.45) is 0 Å². The highest BCUT2D eigenvalue weighted by Crippen LogP contribution is 2.18. The quantitative estimate of drug-likeness (QED) is 0.783. The third-order valence-electron chi connectivity index (χ3n) is 4.11. The number of benzene rings is 2. The molecule has 1 amide bonds. The van der Waals surface area contributed by atoms with Crippen LogP contribution in [0.1, 0.15) is 25.0 Å². The fourth-order valence-corrected chi connectivity index (χ4v) is 2.34. The van der Waals surface area contributed by atoms with E-state index in [1.165, 1.54) is 5.56 Å². The fraction of sp³-hybridized carbons (Fsp3) is 0.381. The summed E-state index contributed by atoms with van der Waals surface area (Å²) in [6.07, 6.45) is -0.583. The second-order valence-corrected chi connectivity index (χ2v) is 6.40. The summed E-state index contributed by atoms with van der Waals surface area (Å²) in [7, 11) is 1.62.